The molecule has 0 aromatic heterocycles. The molecule has 0 fully saturated rings. The van der Waals surface area contributed by atoms with Crippen molar-refractivity contribution in [3.05, 3.63) is 65.2 Å². The zero-order valence-electron chi connectivity index (χ0n) is 12.8. The second-order valence-electron chi connectivity index (χ2n) is 4.96. The fraction of sp³-hybridized carbons (Fsp3) is 0.263. The molecule has 116 valence electrons. The van der Waals surface area contributed by atoms with E-state index in [0.717, 1.165) is 11.3 Å². The standard InChI is InChI=1S/C19H21FO2/c1-16-2-4-17(5-3-16)6-7-18-8-10-19(11-9-18)22-15-14-21-13-12-20/h2-11H,12-15H2,1H3. The number of aryl methyl sites for hydroxylation is 1. The Morgan fingerprint density at radius 3 is 2.00 bits per heavy atom. The number of alkyl halides is 1. The lowest BCUT2D eigenvalue weighted by Gasteiger charge is -2.06. The topological polar surface area (TPSA) is 18.5 Å². The van der Waals surface area contributed by atoms with E-state index in [2.05, 4.69) is 43.3 Å². The highest BCUT2D eigenvalue weighted by Gasteiger charge is 1.94. The molecule has 0 N–H and O–H groups in total. The molecule has 0 amide bonds. The molecule has 2 aromatic rings. The maximum absolute atomic E-state index is 11.8. The van der Waals surface area contributed by atoms with Crippen molar-refractivity contribution in [2.24, 2.45) is 0 Å². The smallest absolute Gasteiger partial charge is 0.119 e. The highest BCUT2D eigenvalue weighted by Crippen LogP contribution is 2.15. The summed E-state index contributed by atoms with van der Waals surface area (Å²) in [5.41, 5.74) is 3.55. The number of ether oxygens (including phenoxy) is 2. The van der Waals surface area contributed by atoms with E-state index in [9.17, 15) is 4.39 Å². The van der Waals surface area contributed by atoms with Crippen LogP contribution in [-0.4, -0.2) is 26.5 Å². The fourth-order valence-electron chi connectivity index (χ4n) is 1.92. The Kier molecular flexibility index (Phi) is 6.65. The third-order valence-corrected chi connectivity index (χ3v) is 3.14. The van der Waals surface area contributed by atoms with Crippen LogP contribution in [0.3, 0.4) is 0 Å². The van der Waals surface area contributed by atoms with Crippen molar-refractivity contribution in [3.63, 3.8) is 0 Å². The summed E-state index contributed by atoms with van der Waals surface area (Å²) < 4.78 is 22.4. The lowest BCUT2D eigenvalue weighted by atomic mass is 10.1. The summed E-state index contributed by atoms with van der Waals surface area (Å²) >= 11 is 0. The summed E-state index contributed by atoms with van der Waals surface area (Å²) in [7, 11) is 0. The van der Waals surface area contributed by atoms with Gasteiger partial charge >= 0.3 is 0 Å². The van der Waals surface area contributed by atoms with Gasteiger partial charge in [-0.2, -0.15) is 0 Å². The van der Waals surface area contributed by atoms with E-state index in [0.29, 0.717) is 13.2 Å². The Hall–Kier alpha value is -2.13. The SMILES string of the molecule is Cc1ccc(C=Cc2ccc(OCCOCCF)cc2)cc1. The molecule has 2 rings (SSSR count). The highest BCUT2D eigenvalue weighted by atomic mass is 19.1. The van der Waals surface area contributed by atoms with Gasteiger partial charge in [-0.25, -0.2) is 4.39 Å². The van der Waals surface area contributed by atoms with Gasteiger partial charge in [-0.1, -0.05) is 54.1 Å². The number of hydrogen-bond acceptors (Lipinski definition) is 2. The number of halogens is 1. The van der Waals surface area contributed by atoms with Crippen LogP contribution in [0, 0.1) is 6.92 Å². The van der Waals surface area contributed by atoms with Crippen molar-refractivity contribution in [1.82, 2.24) is 0 Å². The quantitative estimate of drug-likeness (QED) is 0.527. The molecule has 0 aliphatic heterocycles. The lowest BCUT2D eigenvalue weighted by molar-refractivity contribution is 0.0897. The maximum Gasteiger partial charge on any atom is 0.119 e. The molecule has 2 aromatic carbocycles. The zero-order valence-corrected chi connectivity index (χ0v) is 12.8. The van der Waals surface area contributed by atoms with Crippen LogP contribution >= 0.6 is 0 Å². The van der Waals surface area contributed by atoms with Gasteiger partial charge in [0.25, 0.3) is 0 Å². The first-order valence-corrected chi connectivity index (χ1v) is 7.39. The predicted octanol–water partition coefficient (Wildman–Crippen LogP) is 4.53. The summed E-state index contributed by atoms with van der Waals surface area (Å²) in [6, 6.07) is 16.2. The Labute approximate surface area is 131 Å². The fourth-order valence-corrected chi connectivity index (χ4v) is 1.92. The van der Waals surface area contributed by atoms with Crippen molar-refractivity contribution in [3.8, 4) is 5.75 Å². The van der Waals surface area contributed by atoms with Gasteiger partial charge in [-0.15, -0.1) is 0 Å². The average Bonchev–Trinajstić information content (AvgIpc) is 2.55. The van der Waals surface area contributed by atoms with Gasteiger partial charge in [-0.3, -0.25) is 0 Å². The molecule has 0 saturated carbocycles. The van der Waals surface area contributed by atoms with E-state index in [-0.39, 0.29) is 6.61 Å². The molecule has 0 unspecified atom stereocenters. The summed E-state index contributed by atoms with van der Waals surface area (Å²) in [5, 5.41) is 0. The van der Waals surface area contributed by atoms with E-state index >= 15 is 0 Å². The molecule has 22 heavy (non-hydrogen) atoms. The Bertz CT molecular complexity index is 573. The van der Waals surface area contributed by atoms with Crippen LogP contribution in [0.15, 0.2) is 48.5 Å². The summed E-state index contributed by atoms with van der Waals surface area (Å²) in [5.74, 6) is 0.788. The first-order valence-electron chi connectivity index (χ1n) is 7.39. The van der Waals surface area contributed by atoms with Gasteiger partial charge in [0.15, 0.2) is 0 Å². The monoisotopic (exact) mass is 300 g/mol. The second kappa shape index (κ2) is 9.00. The second-order valence-corrected chi connectivity index (χ2v) is 4.96. The van der Waals surface area contributed by atoms with Crippen LogP contribution in [0.4, 0.5) is 4.39 Å². The summed E-state index contributed by atoms with van der Waals surface area (Å²) in [6.07, 6.45) is 4.15. The summed E-state index contributed by atoms with van der Waals surface area (Å²) in [4.78, 5) is 0. The van der Waals surface area contributed by atoms with Gasteiger partial charge < -0.3 is 9.47 Å². The van der Waals surface area contributed by atoms with Crippen molar-refractivity contribution in [1.29, 1.82) is 0 Å². The molecule has 0 aliphatic carbocycles. The van der Waals surface area contributed by atoms with Gasteiger partial charge in [0, 0.05) is 0 Å². The molecule has 0 aliphatic rings. The number of benzene rings is 2. The molecule has 3 heteroatoms. The molecule has 0 bridgehead atoms. The van der Waals surface area contributed by atoms with Gasteiger partial charge in [-0.05, 0) is 30.2 Å². The minimum absolute atomic E-state index is 0.131. The minimum atomic E-state index is -0.456. The third kappa shape index (κ3) is 5.70. The van der Waals surface area contributed by atoms with Crippen LogP contribution in [0.5, 0.6) is 5.75 Å². The molecule has 0 spiro atoms. The molecule has 0 radical (unpaired) electrons. The highest BCUT2D eigenvalue weighted by molar-refractivity contribution is 5.69. The van der Waals surface area contributed by atoms with Crippen molar-refractivity contribution >= 4 is 12.2 Å². The van der Waals surface area contributed by atoms with E-state index in [1.54, 1.807) is 0 Å². The van der Waals surface area contributed by atoms with Crippen LogP contribution in [-0.2, 0) is 4.74 Å². The average molecular weight is 300 g/mol. The van der Waals surface area contributed by atoms with Crippen LogP contribution < -0.4 is 4.74 Å². The van der Waals surface area contributed by atoms with Crippen LogP contribution in [0.2, 0.25) is 0 Å². The van der Waals surface area contributed by atoms with E-state index < -0.39 is 6.67 Å². The maximum atomic E-state index is 11.8. The molecule has 2 nitrogen and oxygen atoms in total. The van der Waals surface area contributed by atoms with Gasteiger partial charge in [0.05, 0.1) is 13.2 Å². The largest absolute Gasteiger partial charge is 0.491 e. The van der Waals surface area contributed by atoms with Crippen LogP contribution in [0.25, 0.3) is 12.2 Å². The van der Waals surface area contributed by atoms with E-state index in [1.807, 2.05) is 24.3 Å². The first kappa shape index (κ1) is 16.2. The predicted molar refractivity (Wildman–Crippen MR) is 88.8 cm³/mol. The zero-order chi connectivity index (χ0) is 15.6. The molecular formula is C19H21FO2. The third-order valence-electron chi connectivity index (χ3n) is 3.14. The van der Waals surface area contributed by atoms with Crippen LogP contribution in [0.1, 0.15) is 16.7 Å². The van der Waals surface area contributed by atoms with Crippen molar-refractivity contribution in [2.45, 2.75) is 6.92 Å². The normalized spacial score (nSPS) is 11.0. The lowest BCUT2D eigenvalue weighted by Crippen LogP contribution is -2.08. The molecule has 0 saturated heterocycles. The van der Waals surface area contributed by atoms with Crippen molar-refractivity contribution in [2.75, 3.05) is 26.5 Å². The molecular weight excluding hydrogens is 279 g/mol. The minimum Gasteiger partial charge on any atom is -0.491 e. The van der Waals surface area contributed by atoms with Gasteiger partial charge in [0.2, 0.25) is 0 Å². The Morgan fingerprint density at radius 2 is 1.41 bits per heavy atom. The first-order chi connectivity index (χ1) is 10.8. The van der Waals surface area contributed by atoms with Gasteiger partial charge in [0.1, 0.15) is 19.0 Å². The number of rotatable bonds is 8. The molecule has 0 atom stereocenters. The van der Waals surface area contributed by atoms with E-state index in [1.165, 1.54) is 11.1 Å². The van der Waals surface area contributed by atoms with Crippen molar-refractivity contribution < 1.29 is 13.9 Å². The Morgan fingerprint density at radius 1 is 0.818 bits per heavy atom. The van der Waals surface area contributed by atoms with E-state index in [4.69, 9.17) is 9.47 Å². The summed E-state index contributed by atoms with van der Waals surface area (Å²) in [6.45, 7) is 2.58. The number of hydrogen-bond donors (Lipinski definition) is 0. The molecule has 0 heterocycles. The Balaban J connectivity index is 1.82.